The summed E-state index contributed by atoms with van der Waals surface area (Å²) in [5.41, 5.74) is 7.59. The molecule has 2 rings (SSSR count). The van der Waals surface area contributed by atoms with Crippen LogP contribution in [0.15, 0.2) is 6.07 Å². The van der Waals surface area contributed by atoms with Crippen LogP contribution in [0.5, 0.6) is 0 Å². The number of rotatable bonds is 3. The Balaban J connectivity index is 2.14. The van der Waals surface area contributed by atoms with Crippen LogP contribution in [0.3, 0.4) is 0 Å². The van der Waals surface area contributed by atoms with Gasteiger partial charge in [0.15, 0.2) is 5.96 Å². The highest BCUT2D eigenvalue weighted by molar-refractivity contribution is 5.75. The number of hydrogen-bond acceptors (Lipinski definition) is 3. The number of aromatic nitrogens is 2. The number of hydrogen-bond donors (Lipinski definition) is 2. The third-order valence-corrected chi connectivity index (χ3v) is 2.98. The van der Waals surface area contributed by atoms with Gasteiger partial charge in [0.05, 0.1) is 31.1 Å². The van der Waals surface area contributed by atoms with Gasteiger partial charge in [-0.15, -0.1) is 0 Å². The van der Waals surface area contributed by atoms with Crippen LogP contribution in [0.4, 0.5) is 0 Å². The van der Waals surface area contributed by atoms with Crippen molar-refractivity contribution in [1.82, 2.24) is 14.7 Å². The van der Waals surface area contributed by atoms with Gasteiger partial charge in [0.25, 0.3) is 0 Å². The van der Waals surface area contributed by atoms with Crippen molar-refractivity contribution in [2.45, 2.75) is 39.6 Å². The first-order valence-corrected chi connectivity index (χ1v) is 5.85. The first kappa shape index (κ1) is 11.9. The molecule has 0 bridgehead atoms. The SMILES string of the molecule is CCOCc1cc2n(n1)C[C@@H](C)N(C(=N)N)C2. The molecule has 0 radical (unpaired) electrons. The van der Waals surface area contributed by atoms with Crippen molar-refractivity contribution < 1.29 is 4.74 Å². The van der Waals surface area contributed by atoms with Gasteiger partial charge in [0, 0.05) is 12.6 Å². The number of nitrogens with two attached hydrogens (primary N) is 1. The molecule has 0 aromatic carbocycles. The molecule has 1 atom stereocenters. The maximum absolute atomic E-state index is 7.53. The molecule has 1 aromatic heterocycles. The molecule has 0 amide bonds. The first-order valence-electron chi connectivity index (χ1n) is 5.85. The quantitative estimate of drug-likeness (QED) is 0.593. The molecule has 6 heteroatoms. The van der Waals surface area contributed by atoms with Crippen molar-refractivity contribution in [3.8, 4) is 0 Å². The predicted molar refractivity (Wildman–Crippen MR) is 64.5 cm³/mol. The molecule has 0 fully saturated rings. The zero-order chi connectivity index (χ0) is 12.4. The van der Waals surface area contributed by atoms with E-state index in [0.29, 0.717) is 19.8 Å². The first-order chi connectivity index (χ1) is 8.11. The van der Waals surface area contributed by atoms with Crippen molar-refractivity contribution in [3.05, 3.63) is 17.5 Å². The third-order valence-electron chi connectivity index (χ3n) is 2.98. The molecule has 0 saturated carbocycles. The Kier molecular flexibility index (Phi) is 3.33. The fourth-order valence-electron chi connectivity index (χ4n) is 2.08. The van der Waals surface area contributed by atoms with E-state index in [9.17, 15) is 0 Å². The molecule has 1 aromatic rings. The second-order valence-corrected chi connectivity index (χ2v) is 4.31. The summed E-state index contributed by atoms with van der Waals surface area (Å²) in [6, 6.07) is 2.23. The van der Waals surface area contributed by atoms with Gasteiger partial charge < -0.3 is 15.4 Å². The summed E-state index contributed by atoms with van der Waals surface area (Å²) in [6.07, 6.45) is 0. The molecule has 3 N–H and O–H groups in total. The van der Waals surface area contributed by atoms with E-state index in [1.54, 1.807) is 0 Å². The third kappa shape index (κ3) is 2.41. The van der Waals surface area contributed by atoms with Crippen molar-refractivity contribution in [2.24, 2.45) is 5.73 Å². The lowest BCUT2D eigenvalue weighted by Crippen LogP contribution is -2.47. The molecule has 0 unspecified atom stereocenters. The average Bonchev–Trinajstić information content (AvgIpc) is 2.66. The summed E-state index contributed by atoms with van der Waals surface area (Å²) in [6.45, 7) is 6.67. The Morgan fingerprint density at radius 1 is 1.71 bits per heavy atom. The smallest absolute Gasteiger partial charge is 0.189 e. The summed E-state index contributed by atoms with van der Waals surface area (Å²) >= 11 is 0. The summed E-state index contributed by atoms with van der Waals surface area (Å²) < 4.78 is 7.33. The van der Waals surface area contributed by atoms with Gasteiger partial charge in [0.2, 0.25) is 0 Å². The van der Waals surface area contributed by atoms with Gasteiger partial charge in [-0.3, -0.25) is 10.1 Å². The van der Waals surface area contributed by atoms with E-state index in [-0.39, 0.29) is 12.0 Å². The standard InChI is InChI=1S/C11H19N5O/c1-3-17-7-9-4-10-6-15(11(12)13)8(2)5-16(10)14-9/h4,8H,3,5-7H2,1-2H3,(H3,12,13)/t8-/m1/s1. The zero-order valence-electron chi connectivity index (χ0n) is 10.3. The topological polar surface area (TPSA) is 80.2 Å². The molecule has 0 saturated heterocycles. The van der Waals surface area contributed by atoms with E-state index in [0.717, 1.165) is 17.9 Å². The van der Waals surface area contributed by atoms with E-state index in [1.165, 1.54) is 0 Å². The number of ether oxygens (including phenoxy) is 1. The molecule has 2 heterocycles. The lowest BCUT2D eigenvalue weighted by Gasteiger charge is -2.34. The minimum absolute atomic E-state index is 0.122. The summed E-state index contributed by atoms with van der Waals surface area (Å²) in [7, 11) is 0. The highest BCUT2D eigenvalue weighted by Gasteiger charge is 2.25. The molecular formula is C11H19N5O. The molecular weight excluding hydrogens is 218 g/mol. The van der Waals surface area contributed by atoms with E-state index in [4.69, 9.17) is 15.9 Å². The molecule has 0 aliphatic carbocycles. The largest absolute Gasteiger partial charge is 0.375 e. The molecule has 0 spiro atoms. The minimum Gasteiger partial charge on any atom is -0.375 e. The van der Waals surface area contributed by atoms with Crippen LogP contribution < -0.4 is 5.73 Å². The summed E-state index contributed by atoms with van der Waals surface area (Å²) in [5.74, 6) is 0.122. The van der Waals surface area contributed by atoms with E-state index >= 15 is 0 Å². The Labute approximate surface area is 101 Å². The molecule has 17 heavy (non-hydrogen) atoms. The van der Waals surface area contributed by atoms with Gasteiger partial charge in [0.1, 0.15) is 0 Å². The summed E-state index contributed by atoms with van der Waals surface area (Å²) in [5, 5.41) is 12.0. The normalized spacial score (nSPS) is 19.2. The highest BCUT2D eigenvalue weighted by Crippen LogP contribution is 2.18. The van der Waals surface area contributed by atoms with Crippen molar-refractivity contribution in [1.29, 1.82) is 5.41 Å². The van der Waals surface area contributed by atoms with Crippen molar-refractivity contribution in [2.75, 3.05) is 6.61 Å². The Morgan fingerprint density at radius 3 is 3.12 bits per heavy atom. The predicted octanol–water partition coefficient (Wildman–Crippen LogP) is 0.517. The van der Waals surface area contributed by atoms with Crippen LogP contribution in [0.25, 0.3) is 0 Å². The van der Waals surface area contributed by atoms with Crippen LogP contribution in [-0.4, -0.2) is 33.3 Å². The van der Waals surface area contributed by atoms with E-state index < -0.39 is 0 Å². The monoisotopic (exact) mass is 237 g/mol. The van der Waals surface area contributed by atoms with E-state index in [2.05, 4.69) is 5.10 Å². The molecule has 1 aliphatic heterocycles. The Bertz CT molecular complexity index is 414. The van der Waals surface area contributed by atoms with Crippen LogP contribution in [0, 0.1) is 5.41 Å². The minimum atomic E-state index is 0.122. The van der Waals surface area contributed by atoms with Gasteiger partial charge in [-0.05, 0) is 19.9 Å². The van der Waals surface area contributed by atoms with Crippen molar-refractivity contribution in [3.63, 3.8) is 0 Å². The van der Waals surface area contributed by atoms with Gasteiger partial charge in [-0.1, -0.05) is 0 Å². The van der Waals surface area contributed by atoms with Gasteiger partial charge in [-0.2, -0.15) is 5.10 Å². The average molecular weight is 237 g/mol. The number of fused-ring (bicyclic) bond motifs is 1. The molecule has 1 aliphatic rings. The second kappa shape index (κ2) is 4.75. The van der Waals surface area contributed by atoms with Crippen LogP contribution in [0.2, 0.25) is 0 Å². The highest BCUT2D eigenvalue weighted by atomic mass is 16.5. The second-order valence-electron chi connectivity index (χ2n) is 4.31. The number of guanidine groups is 1. The van der Waals surface area contributed by atoms with E-state index in [1.807, 2.05) is 29.5 Å². The van der Waals surface area contributed by atoms with Crippen molar-refractivity contribution >= 4 is 5.96 Å². The Morgan fingerprint density at radius 2 is 2.47 bits per heavy atom. The number of nitrogens with zero attached hydrogens (tertiary/aromatic N) is 3. The van der Waals surface area contributed by atoms with Gasteiger partial charge >= 0.3 is 0 Å². The molecule has 94 valence electrons. The lowest BCUT2D eigenvalue weighted by molar-refractivity contribution is 0.130. The fraction of sp³-hybridized carbons (Fsp3) is 0.636. The summed E-state index contributed by atoms with van der Waals surface area (Å²) in [4.78, 5) is 1.88. The van der Waals surface area contributed by atoms with Crippen LogP contribution >= 0.6 is 0 Å². The van der Waals surface area contributed by atoms with Crippen LogP contribution in [-0.2, 0) is 24.4 Å². The lowest BCUT2D eigenvalue weighted by atomic mass is 10.2. The zero-order valence-corrected chi connectivity index (χ0v) is 10.3. The van der Waals surface area contributed by atoms with Gasteiger partial charge in [-0.25, -0.2) is 0 Å². The van der Waals surface area contributed by atoms with Crippen LogP contribution in [0.1, 0.15) is 25.2 Å². The number of nitrogens with one attached hydrogen (secondary N) is 1. The molecule has 6 nitrogen and oxygen atoms in total. The maximum atomic E-state index is 7.53. The Hall–Kier alpha value is -1.56. The fourth-order valence-corrected chi connectivity index (χ4v) is 2.08. The maximum Gasteiger partial charge on any atom is 0.189 e.